The lowest BCUT2D eigenvalue weighted by Gasteiger charge is -2.26. The Balaban J connectivity index is 1.70. The predicted molar refractivity (Wildman–Crippen MR) is 64.8 cm³/mol. The zero-order valence-corrected chi connectivity index (χ0v) is 10.2. The lowest BCUT2D eigenvalue weighted by molar-refractivity contribution is 0.272. The summed E-state index contributed by atoms with van der Waals surface area (Å²) in [6.07, 6.45) is 9.22. The Labute approximate surface area is 94.2 Å². The summed E-state index contributed by atoms with van der Waals surface area (Å²) in [5.74, 6) is 0.960. The topological polar surface area (TPSA) is 29.3 Å². The molecule has 0 spiro atoms. The molecule has 88 valence electrons. The first-order chi connectivity index (χ1) is 7.22. The maximum Gasteiger partial charge on any atom is 0.0166 e. The summed E-state index contributed by atoms with van der Waals surface area (Å²) in [5.41, 5.74) is 6.58. The Bertz CT molecular complexity index is 197. The molecule has 0 amide bonds. The third kappa shape index (κ3) is 2.94. The number of nitrogens with zero attached hydrogens (tertiary/aromatic N) is 1. The standard InChI is InChI=1S/C13H26N2/c1-2-12-5-9-15(11-12)10-8-13(14)6-3-4-7-13/h12H,2-11,14H2,1H3. The lowest BCUT2D eigenvalue weighted by Crippen LogP contribution is -2.40. The molecule has 1 heterocycles. The molecule has 0 aromatic heterocycles. The number of likely N-dealkylation sites (tertiary alicyclic amines) is 1. The van der Waals surface area contributed by atoms with E-state index in [1.165, 1.54) is 64.6 Å². The van der Waals surface area contributed by atoms with E-state index in [0.717, 1.165) is 5.92 Å². The molecule has 0 aromatic carbocycles. The van der Waals surface area contributed by atoms with Gasteiger partial charge in [-0.05, 0) is 44.7 Å². The van der Waals surface area contributed by atoms with Gasteiger partial charge in [-0.2, -0.15) is 0 Å². The molecule has 1 aliphatic heterocycles. The van der Waals surface area contributed by atoms with E-state index < -0.39 is 0 Å². The van der Waals surface area contributed by atoms with Crippen LogP contribution in [0.25, 0.3) is 0 Å². The Morgan fingerprint density at radius 3 is 2.67 bits per heavy atom. The van der Waals surface area contributed by atoms with E-state index in [4.69, 9.17) is 5.73 Å². The fourth-order valence-electron chi connectivity index (χ4n) is 3.16. The van der Waals surface area contributed by atoms with Crippen molar-refractivity contribution in [3.05, 3.63) is 0 Å². The monoisotopic (exact) mass is 210 g/mol. The number of rotatable bonds is 4. The molecule has 0 aromatic rings. The van der Waals surface area contributed by atoms with E-state index in [1.54, 1.807) is 0 Å². The van der Waals surface area contributed by atoms with Crippen LogP contribution >= 0.6 is 0 Å². The summed E-state index contributed by atoms with van der Waals surface area (Å²) in [6, 6.07) is 0. The molecule has 2 rings (SSSR count). The number of nitrogens with two attached hydrogens (primary N) is 1. The molecule has 0 radical (unpaired) electrons. The average molecular weight is 210 g/mol. The molecule has 2 nitrogen and oxygen atoms in total. The molecule has 2 aliphatic rings. The van der Waals surface area contributed by atoms with E-state index in [2.05, 4.69) is 11.8 Å². The van der Waals surface area contributed by atoms with Crippen LogP contribution in [0.5, 0.6) is 0 Å². The van der Waals surface area contributed by atoms with Gasteiger partial charge in [-0.15, -0.1) is 0 Å². The Morgan fingerprint density at radius 1 is 1.33 bits per heavy atom. The van der Waals surface area contributed by atoms with Crippen molar-refractivity contribution in [1.82, 2.24) is 4.90 Å². The normalized spacial score (nSPS) is 31.2. The van der Waals surface area contributed by atoms with Gasteiger partial charge in [0.2, 0.25) is 0 Å². The van der Waals surface area contributed by atoms with Crippen LogP contribution in [0, 0.1) is 5.92 Å². The van der Waals surface area contributed by atoms with Gasteiger partial charge in [0, 0.05) is 12.1 Å². The zero-order chi connectivity index (χ0) is 10.7. The Hall–Kier alpha value is -0.0800. The summed E-state index contributed by atoms with van der Waals surface area (Å²) < 4.78 is 0. The zero-order valence-electron chi connectivity index (χ0n) is 10.2. The minimum Gasteiger partial charge on any atom is -0.325 e. The third-order valence-corrected chi connectivity index (χ3v) is 4.47. The van der Waals surface area contributed by atoms with E-state index in [-0.39, 0.29) is 5.54 Å². The Kier molecular flexibility index (Phi) is 3.68. The first-order valence-corrected chi connectivity index (χ1v) is 6.73. The molecule has 1 saturated carbocycles. The molecule has 1 aliphatic carbocycles. The first kappa shape index (κ1) is 11.4. The van der Waals surface area contributed by atoms with Crippen LogP contribution in [0.15, 0.2) is 0 Å². The second-order valence-corrected chi connectivity index (χ2v) is 5.68. The molecule has 2 N–H and O–H groups in total. The fourth-order valence-corrected chi connectivity index (χ4v) is 3.16. The second kappa shape index (κ2) is 4.84. The summed E-state index contributed by atoms with van der Waals surface area (Å²) >= 11 is 0. The molecule has 15 heavy (non-hydrogen) atoms. The fraction of sp³-hybridized carbons (Fsp3) is 1.00. The van der Waals surface area contributed by atoms with E-state index in [0.29, 0.717) is 0 Å². The molecular formula is C13H26N2. The van der Waals surface area contributed by atoms with Crippen molar-refractivity contribution in [2.75, 3.05) is 19.6 Å². The molecule has 1 saturated heterocycles. The van der Waals surface area contributed by atoms with Crippen LogP contribution in [0.3, 0.4) is 0 Å². The largest absolute Gasteiger partial charge is 0.325 e. The summed E-state index contributed by atoms with van der Waals surface area (Å²) in [4.78, 5) is 2.63. The third-order valence-electron chi connectivity index (χ3n) is 4.47. The smallest absolute Gasteiger partial charge is 0.0166 e. The summed E-state index contributed by atoms with van der Waals surface area (Å²) in [6.45, 7) is 6.20. The second-order valence-electron chi connectivity index (χ2n) is 5.68. The van der Waals surface area contributed by atoms with Gasteiger partial charge in [0.25, 0.3) is 0 Å². The highest BCUT2D eigenvalue weighted by Gasteiger charge is 2.30. The molecule has 0 bridgehead atoms. The van der Waals surface area contributed by atoms with Crippen molar-refractivity contribution >= 4 is 0 Å². The maximum atomic E-state index is 6.38. The van der Waals surface area contributed by atoms with Gasteiger partial charge in [0.1, 0.15) is 0 Å². The van der Waals surface area contributed by atoms with E-state index >= 15 is 0 Å². The highest BCUT2D eigenvalue weighted by Crippen LogP contribution is 2.31. The minimum absolute atomic E-state index is 0.199. The van der Waals surface area contributed by atoms with Crippen LogP contribution < -0.4 is 5.73 Å². The van der Waals surface area contributed by atoms with Gasteiger partial charge >= 0.3 is 0 Å². The maximum absolute atomic E-state index is 6.38. The molecule has 2 heteroatoms. The Morgan fingerprint density at radius 2 is 2.07 bits per heavy atom. The van der Waals surface area contributed by atoms with Gasteiger partial charge in [-0.25, -0.2) is 0 Å². The van der Waals surface area contributed by atoms with Gasteiger partial charge in [0.05, 0.1) is 0 Å². The van der Waals surface area contributed by atoms with Gasteiger partial charge in [-0.3, -0.25) is 0 Å². The molecular weight excluding hydrogens is 184 g/mol. The van der Waals surface area contributed by atoms with Crippen LogP contribution in [0.2, 0.25) is 0 Å². The lowest BCUT2D eigenvalue weighted by atomic mass is 9.94. The van der Waals surface area contributed by atoms with Crippen molar-refractivity contribution in [3.63, 3.8) is 0 Å². The van der Waals surface area contributed by atoms with Crippen LogP contribution in [0.1, 0.15) is 51.9 Å². The highest BCUT2D eigenvalue weighted by molar-refractivity contribution is 4.90. The van der Waals surface area contributed by atoms with Crippen LogP contribution in [-0.2, 0) is 0 Å². The minimum atomic E-state index is 0.199. The van der Waals surface area contributed by atoms with Crippen LogP contribution in [0.4, 0.5) is 0 Å². The summed E-state index contributed by atoms with van der Waals surface area (Å²) in [7, 11) is 0. The van der Waals surface area contributed by atoms with E-state index in [9.17, 15) is 0 Å². The van der Waals surface area contributed by atoms with Crippen molar-refractivity contribution in [3.8, 4) is 0 Å². The van der Waals surface area contributed by atoms with Crippen molar-refractivity contribution in [2.24, 2.45) is 11.7 Å². The SMILES string of the molecule is CCC1CCN(CCC2(N)CCCC2)C1. The summed E-state index contributed by atoms with van der Waals surface area (Å²) in [5, 5.41) is 0. The van der Waals surface area contributed by atoms with Crippen LogP contribution in [-0.4, -0.2) is 30.1 Å². The molecule has 1 unspecified atom stereocenters. The van der Waals surface area contributed by atoms with Gasteiger partial charge in [0.15, 0.2) is 0 Å². The number of hydrogen-bond donors (Lipinski definition) is 1. The van der Waals surface area contributed by atoms with Crippen molar-refractivity contribution < 1.29 is 0 Å². The van der Waals surface area contributed by atoms with Gasteiger partial charge < -0.3 is 10.6 Å². The molecule has 1 atom stereocenters. The van der Waals surface area contributed by atoms with Crippen molar-refractivity contribution in [1.29, 1.82) is 0 Å². The first-order valence-electron chi connectivity index (χ1n) is 6.73. The van der Waals surface area contributed by atoms with Crippen molar-refractivity contribution in [2.45, 2.75) is 57.4 Å². The van der Waals surface area contributed by atoms with E-state index in [1.807, 2.05) is 0 Å². The van der Waals surface area contributed by atoms with Gasteiger partial charge in [-0.1, -0.05) is 26.2 Å². The predicted octanol–water partition coefficient (Wildman–Crippen LogP) is 2.38. The highest BCUT2D eigenvalue weighted by atomic mass is 15.1. The average Bonchev–Trinajstić information content (AvgIpc) is 2.84. The number of hydrogen-bond acceptors (Lipinski definition) is 2. The quantitative estimate of drug-likeness (QED) is 0.772. The molecule has 2 fully saturated rings.